The van der Waals surface area contributed by atoms with Crippen molar-refractivity contribution in [3.8, 4) is 67.9 Å². The largest absolute Gasteiger partial charge is 0.452 e. The number of fused-ring (bicyclic) bond motifs is 6. The smallest absolute Gasteiger partial charge is 0.227 e. The Kier molecular flexibility index (Phi) is 7.38. The van der Waals surface area contributed by atoms with Gasteiger partial charge in [-0.3, -0.25) is 0 Å². The third-order valence-electron chi connectivity index (χ3n) is 10.4. The van der Waals surface area contributed by atoms with E-state index < -0.39 is 0 Å². The zero-order valence-corrected chi connectivity index (χ0v) is 29.9. The number of rotatable bonds is 6. The van der Waals surface area contributed by atoms with Crippen molar-refractivity contribution in [2.24, 2.45) is 0 Å². The Morgan fingerprint density at radius 1 is 0.304 bits per heavy atom. The second-order valence-electron chi connectivity index (χ2n) is 13.8. The first-order chi connectivity index (χ1) is 27.7. The Bertz CT molecular complexity index is 3170. The number of nitrogens with zero attached hydrogens (tertiary/aromatic N) is 4. The quantitative estimate of drug-likeness (QED) is 0.170. The Morgan fingerprint density at radius 3 is 1.41 bits per heavy atom. The SMILES string of the molecule is c1ccc(-c2nc(-c3ccccc3)nc(-c3ccc(-c4ccc(-c5ccc6oc7c(ccc8nc(-c9ccccc9)oc87)c6c5)c5ccccc45)cc3)n2)cc1. The molecule has 0 saturated heterocycles. The Morgan fingerprint density at radius 2 is 0.804 bits per heavy atom. The molecule has 0 fully saturated rings. The zero-order valence-electron chi connectivity index (χ0n) is 29.9. The van der Waals surface area contributed by atoms with Gasteiger partial charge < -0.3 is 8.83 Å². The van der Waals surface area contributed by atoms with Gasteiger partial charge in [0, 0.05) is 33.0 Å². The van der Waals surface area contributed by atoms with Gasteiger partial charge in [0.1, 0.15) is 11.1 Å². The Balaban J connectivity index is 0.968. The van der Waals surface area contributed by atoms with Crippen molar-refractivity contribution in [3.63, 3.8) is 0 Å². The van der Waals surface area contributed by atoms with Gasteiger partial charge in [0.15, 0.2) is 28.6 Å². The van der Waals surface area contributed by atoms with Crippen molar-refractivity contribution < 1.29 is 8.83 Å². The summed E-state index contributed by atoms with van der Waals surface area (Å²) in [7, 11) is 0. The highest BCUT2D eigenvalue weighted by Crippen LogP contribution is 2.41. The number of benzene rings is 8. The average Bonchev–Trinajstić information content (AvgIpc) is 3.89. The van der Waals surface area contributed by atoms with E-state index >= 15 is 0 Å². The van der Waals surface area contributed by atoms with Crippen molar-refractivity contribution in [1.82, 2.24) is 19.9 Å². The lowest BCUT2D eigenvalue weighted by atomic mass is 9.91. The molecule has 0 bridgehead atoms. The van der Waals surface area contributed by atoms with Gasteiger partial charge >= 0.3 is 0 Å². The van der Waals surface area contributed by atoms with Crippen molar-refractivity contribution in [1.29, 1.82) is 0 Å². The standard InChI is InChI=1S/C50H30N4O2/c1-4-12-32(13-5-1)47-52-48(33-14-6-2-7-15-33)54-49(53-47)34-22-20-31(21-23-34)37-25-26-38(40-19-11-10-18-39(37)40)36-24-29-44-42(30-36)41-27-28-43-46(45(41)55-44)56-50(51-43)35-16-8-3-9-17-35/h1-30H. The van der Waals surface area contributed by atoms with Crippen LogP contribution in [0.25, 0.3) is 112 Å². The fourth-order valence-electron chi connectivity index (χ4n) is 7.63. The molecule has 6 nitrogen and oxygen atoms in total. The fraction of sp³-hybridized carbons (Fsp3) is 0. The lowest BCUT2D eigenvalue weighted by Crippen LogP contribution is -2.00. The van der Waals surface area contributed by atoms with E-state index in [9.17, 15) is 0 Å². The van der Waals surface area contributed by atoms with E-state index in [0.29, 0.717) is 34.5 Å². The van der Waals surface area contributed by atoms with Crippen molar-refractivity contribution in [2.45, 2.75) is 0 Å². The lowest BCUT2D eigenvalue weighted by molar-refractivity contribution is 0.603. The van der Waals surface area contributed by atoms with Crippen molar-refractivity contribution >= 4 is 43.8 Å². The van der Waals surface area contributed by atoms with Crippen molar-refractivity contribution in [3.05, 3.63) is 182 Å². The highest BCUT2D eigenvalue weighted by molar-refractivity contribution is 6.14. The molecule has 0 N–H and O–H groups in total. The molecule has 6 heteroatoms. The summed E-state index contributed by atoms with van der Waals surface area (Å²) in [6.07, 6.45) is 0. The zero-order chi connectivity index (χ0) is 37.0. The summed E-state index contributed by atoms with van der Waals surface area (Å²) < 4.78 is 12.7. The van der Waals surface area contributed by atoms with Crippen LogP contribution >= 0.6 is 0 Å². The molecule has 0 unspecified atom stereocenters. The molecule has 0 saturated carbocycles. The summed E-state index contributed by atoms with van der Waals surface area (Å²) >= 11 is 0. The van der Waals surface area contributed by atoms with E-state index in [0.717, 1.165) is 66.4 Å². The summed E-state index contributed by atoms with van der Waals surface area (Å²) in [6, 6.07) is 62.1. The molecule has 0 aliphatic carbocycles. The molecule has 56 heavy (non-hydrogen) atoms. The molecule has 11 aromatic rings. The Labute approximate surface area is 321 Å². The van der Waals surface area contributed by atoms with E-state index in [1.165, 1.54) is 10.8 Å². The average molecular weight is 719 g/mol. The molecule has 8 aromatic carbocycles. The van der Waals surface area contributed by atoms with Crippen LogP contribution in [0.4, 0.5) is 0 Å². The summed E-state index contributed by atoms with van der Waals surface area (Å²) in [5, 5.41) is 4.37. The van der Waals surface area contributed by atoms with E-state index in [-0.39, 0.29) is 0 Å². The minimum Gasteiger partial charge on any atom is -0.452 e. The van der Waals surface area contributed by atoms with Crippen LogP contribution in [0.3, 0.4) is 0 Å². The second kappa shape index (κ2) is 13.0. The van der Waals surface area contributed by atoms with Gasteiger partial charge in [-0.1, -0.05) is 146 Å². The van der Waals surface area contributed by atoms with Crippen LogP contribution in [0.15, 0.2) is 191 Å². The van der Waals surface area contributed by atoms with Crippen LogP contribution in [0, 0.1) is 0 Å². The van der Waals surface area contributed by atoms with E-state index in [1.807, 2.05) is 97.1 Å². The molecule has 11 rings (SSSR count). The topological polar surface area (TPSA) is 77.8 Å². The highest BCUT2D eigenvalue weighted by atomic mass is 16.4. The summed E-state index contributed by atoms with van der Waals surface area (Å²) in [5.41, 5.74) is 11.2. The van der Waals surface area contributed by atoms with E-state index in [2.05, 4.69) is 84.9 Å². The van der Waals surface area contributed by atoms with Crippen molar-refractivity contribution in [2.75, 3.05) is 0 Å². The van der Waals surface area contributed by atoms with Crippen LogP contribution in [0.5, 0.6) is 0 Å². The number of oxazole rings is 1. The van der Waals surface area contributed by atoms with Gasteiger partial charge in [0.05, 0.1) is 0 Å². The van der Waals surface area contributed by atoms with Gasteiger partial charge in [0.2, 0.25) is 5.89 Å². The van der Waals surface area contributed by atoms with Gasteiger partial charge in [0.25, 0.3) is 0 Å². The van der Waals surface area contributed by atoms with Gasteiger partial charge in [-0.25, -0.2) is 19.9 Å². The van der Waals surface area contributed by atoms with Gasteiger partial charge in [-0.05, 0) is 69.4 Å². The van der Waals surface area contributed by atoms with Crippen LogP contribution in [-0.4, -0.2) is 19.9 Å². The molecular formula is C50H30N4O2. The minimum atomic E-state index is 0.579. The van der Waals surface area contributed by atoms with E-state index in [1.54, 1.807) is 0 Å². The lowest BCUT2D eigenvalue weighted by Gasteiger charge is -2.13. The highest BCUT2D eigenvalue weighted by Gasteiger charge is 2.18. The summed E-state index contributed by atoms with van der Waals surface area (Å²) in [5.74, 6) is 2.50. The molecule has 3 aromatic heterocycles. The maximum atomic E-state index is 6.42. The number of aromatic nitrogens is 4. The van der Waals surface area contributed by atoms with Crippen LogP contribution in [0.2, 0.25) is 0 Å². The molecular weight excluding hydrogens is 689 g/mol. The predicted molar refractivity (Wildman–Crippen MR) is 225 cm³/mol. The number of hydrogen-bond acceptors (Lipinski definition) is 6. The molecule has 262 valence electrons. The van der Waals surface area contributed by atoms with Gasteiger partial charge in [-0.15, -0.1) is 0 Å². The number of furan rings is 1. The third kappa shape index (κ3) is 5.43. The minimum absolute atomic E-state index is 0.579. The molecule has 0 aliphatic heterocycles. The van der Waals surface area contributed by atoms with E-state index in [4.69, 9.17) is 28.8 Å². The maximum Gasteiger partial charge on any atom is 0.227 e. The second-order valence-corrected chi connectivity index (χ2v) is 13.8. The van der Waals surface area contributed by atoms with Crippen LogP contribution in [-0.2, 0) is 0 Å². The van der Waals surface area contributed by atoms with Gasteiger partial charge in [-0.2, -0.15) is 0 Å². The molecule has 0 aliphatic rings. The molecule has 0 spiro atoms. The first-order valence-corrected chi connectivity index (χ1v) is 18.5. The monoisotopic (exact) mass is 718 g/mol. The first-order valence-electron chi connectivity index (χ1n) is 18.5. The fourth-order valence-corrected chi connectivity index (χ4v) is 7.63. The molecule has 0 amide bonds. The molecule has 0 atom stereocenters. The van der Waals surface area contributed by atoms with Crippen LogP contribution in [0.1, 0.15) is 0 Å². The predicted octanol–water partition coefficient (Wildman–Crippen LogP) is 13.1. The third-order valence-corrected chi connectivity index (χ3v) is 10.4. The molecule has 3 heterocycles. The maximum absolute atomic E-state index is 6.42. The first kappa shape index (κ1) is 31.8. The summed E-state index contributed by atoms with van der Waals surface area (Å²) in [6.45, 7) is 0. The molecule has 0 radical (unpaired) electrons. The van der Waals surface area contributed by atoms with Crippen LogP contribution < -0.4 is 0 Å². The number of hydrogen-bond donors (Lipinski definition) is 0. The summed E-state index contributed by atoms with van der Waals surface area (Å²) in [4.78, 5) is 19.4. The Hall–Kier alpha value is -7.70. The normalized spacial score (nSPS) is 11.6.